The predicted molar refractivity (Wildman–Crippen MR) is 80.0 cm³/mol. The maximum absolute atomic E-state index is 9.33. The molecule has 2 rings (SSSR count). The van der Waals surface area contributed by atoms with E-state index in [4.69, 9.17) is 0 Å². The van der Waals surface area contributed by atoms with E-state index in [1.165, 1.54) is 9.80 Å². The van der Waals surface area contributed by atoms with Crippen LogP contribution in [0.5, 0.6) is 5.64 Å². The average Bonchev–Trinajstić information content (AvgIpc) is 2.40. The number of aromatic hydroxyl groups is 1. The van der Waals surface area contributed by atoms with Crippen LogP contribution in [0.2, 0.25) is 0 Å². The second-order valence-electron chi connectivity index (χ2n) is 3.94. The van der Waals surface area contributed by atoms with Crippen molar-refractivity contribution in [2.75, 3.05) is 0 Å². The van der Waals surface area contributed by atoms with Gasteiger partial charge in [-0.05, 0) is 0 Å². The molecule has 3 heteroatoms. The van der Waals surface area contributed by atoms with Gasteiger partial charge in [0.15, 0.2) is 0 Å². The summed E-state index contributed by atoms with van der Waals surface area (Å²) in [7, 11) is 0. The van der Waals surface area contributed by atoms with E-state index in [0.29, 0.717) is 5.64 Å². The zero-order chi connectivity index (χ0) is 12.8. The molecule has 1 aromatic heterocycles. The fraction of sp³-hybridized carbons (Fsp3) is 0.133. The van der Waals surface area contributed by atoms with Gasteiger partial charge >= 0.3 is 113 Å². The first kappa shape index (κ1) is 13.0. The minimum atomic E-state index is 0.305. The van der Waals surface area contributed by atoms with Crippen LogP contribution in [0.3, 0.4) is 0 Å². The molecule has 0 atom stereocenters. The normalized spacial score (nSPS) is 11.3. The Labute approximate surface area is 113 Å². The van der Waals surface area contributed by atoms with Crippen LogP contribution in [0.15, 0.2) is 59.4 Å². The molecular weight excluding hydrogens is 239 g/mol. The Bertz CT molecular complexity index is 520. The number of rotatable bonds is 4. The predicted octanol–water partition coefficient (Wildman–Crippen LogP) is 4.27. The molecule has 0 amide bonds. The molecule has 0 aliphatic rings. The summed E-state index contributed by atoms with van der Waals surface area (Å²) in [6.45, 7) is 3.86. The quantitative estimate of drug-likeness (QED) is 0.822. The van der Waals surface area contributed by atoms with Gasteiger partial charge in [-0.25, -0.2) is 0 Å². The summed E-state index contributed by atoms with van der Waals surface area (Å²) in [5.74, 6) is 1.95. The first-order valence-corrected chi connectivity index (χ1v) is 6.83. The van der Waals surface area contributed by atoms with Gasteiger partial charge in [0.05, 0.1) is 0 Å². The van der Waals surface area contributed by atoms with Gasteiger partial charge in [0.25, 0.3) is 0 Å². The van der Waals surface area contributed by atoms with E-state index in [1.54, 1.807) is 24.7 Å². The number of benzene rings is 1. The van der Waals surface area contributed by atoms with Crippen LogP contribution in [0.1, 0.15) is 18.9 Å². The van der Waals surface area contributed by atoms with Crippen LogP contribution >= 0.6 is 11.8 Å². The van der Waals surface area contributed by atoms with Gasteiger partial charge in [-0.15, -0.1) is 0 Å². The summed E-state index contributed by atoms with van der Waals surface area (Å²) in [6, 6.07) is 14.0. The van der Waals surface area contributed by atoms with Crippen LogP contribution in [-0.2, 0) is 0 Å². The first-order chi connectivity index (χ1) is 8.79. The molecule has 1 N–H and O–H groups in total. The summed E-state index contributed by atoms with van der Waals surface area (Å²) in [5, 5.41) is 9.33. The summed E-state index contributed by atoms with van der Waals surface area (Å²) in [4.78, 5) is 2.45. The van der Waals surface area contributed by atoms with Crippen LogP contribution in [0, 0.1) is 0 Å². The molecule has 0 aliphatic heterocycles. The van der Waals surface area contributed by atoms with Crippen molar-refractivity contribution in [1.82, 2.24) is 0 Å². The minimum absolute atomic E-state index is 0.305. The number of thioether (sulfide) groups is 1. The molecule has 90 valence electrons. The van der Waals surface area contributed by atoms with Gasteiger partial charge in [-0.1, -0.05) is 0 Å². The molecule has 0 spiro atoms. The van der Waals surface area contributed by atoms with E-state index in [2.05, 4.69) is 25.1 Å². The molecule has 18 heavy (non-hydrogen) atoms. The molecule has 1 nitrogen and oxygen atoms in total. The van der Waals surface area contributed by atoms with Gasteiger partial charge in [0, 0.05) is 0 Å². The van der Waals surface area contributed by atoms with E-state index < -0.39 is 0 Å². The molecule has 0 fully saturated rings. The Morgan fingerprint density at radius 2 is 2.00 bits per heavy atom. The van der Waals surface area contributed by atoms with Gasteiger partial charge < -0.3 is 0 Å². The van der Waals surface area contributed by atoms with Crippen molar-refractivity contribution in [3.05, 3.63) is 60.1 Å². The topological polar surface area (TPSA) is 20.2 Å². The van der Waals surface area contributed by atoms with Crippen molar-refractivity contribution in [1.29, 1.82) is 0 Å². The van der Waals surface area contributed by atoms with Crippen LogP contribution in [0.4, 0.5) is 0 Å². The van der Waals surface area contributed by atoms with Crippen molar-refractivity contribution < 1.29 is 5.11 Å². The first-order valence-electron chi connectivity index (χ1n) is 6.02. The van der Waals surface area contributed by atoms with Gasteiger partial charge in [-0.2, -0.15) is 0 Å². The SMILES string of the molecule is CC/C=C(\Sc1ccccc1)c1cbc(O)cc1. The van der Waals surface area contributed by atoms with E-state index in [-0.39, 0.29) is 0 Å². The summed E-state index contributed by atoms with van der Waals surface area (Å²) in [6.07, 6.45) is 3.21. The fourth-order valence-corrected chi connectivity index (χ4v) is 2.70. The van der Waals surface area contributed by atoms with Crippen LogP contribution < -0.4 is 0 Å². The molecule has 0 bridgehead atoms. The van der Waals surface area contributed by atoms with E-state index in [0.717, 1.165) is 12.0 Å². The standard InChI is InChI=1S/C15H15BOS/c1-2-6-14(12-9-10-15(17)16-11-12)18-13-7-4-3-5-8-13/h3-11,17H,2H2,1H3/b14-6-. The Morgan fingerprint density at radius 1 is 1.22 bits per heavy atom. The molecule has 1 aromatic carbocycles. The van der Waals surface area contributed by atoms with Crippen LogP contribution in [0.25, 0.3) is 4.91 Å². The van der Waals surface area contributed by atoms with E-state index in [1.807, 2.05) is 30.2 Å². The second kappa shape index (κ2) is 6.46. The molecule has 0 saturated carbocycles. The number of hydrogen-bond donors (Lipinski definition) is 1. The zero-order valence-corrected chi connectivity index (χ0v) is 11.2. The van der Waals surface area contributed by atoms with Crippen molar-refractivity contribution in [2.45, 2.75) is 18.2 Å². The van der Waals surface area contributed by atoms with Gasteiger partial charge in [0.1, 0.15) is 0 Å². The van der Waals surface area contributed by atoms with Crippen molar-refractivity contribution in [3.63, 3.8) is 0 Å². The molecule has 0 unspecified atom stereocenters. The third-order valence-corrected chi connectivity index (χ3v) is 3.64. The monoisotopic (exact) mass is 254 g/mol. The maximum atomic E-state index is 9.33. The molecule has 0 radical (unpaired) electrons. The number of allylic oxidation sites excluding steroid dienone is 1. The van der Waals surface area contributed by atoms with Gasteiger partial charge in [0.2, 0.25) is 0 Å². The third-order valence-electron chi connectivity index (χ3n) is 2.51. The Hall–Kier alpha value is -1.48. The summed E-state index contributed by atoms with van der Waals surface area (Å²) >= 11 is 1.75. The van der Waals surface area contributed by atoms with Crippen molar-refractivity contribution in [3.8, 4) is 5.64 Å². The Morgan fingerprint density at radius 3 is 2.61 bits per heavy atom. The Balaban J connectivity index is 2.24. The molecule has 2 aromatic rings. The van der Waals surface area contributed by atoms with Crippen molar-refractivity contribution >= 4 is 23.6 Å². The zero-order valence-electron chi connectivity index (χ0n) is 10.3. The molecule has 0 saturated heterocycles. The third kappa shape index (κ3) is 3.51. The van der Waals surface area contributed by atoms with E-state index >= 15 is 0 Å². The fourth-order valence-electron chi connectivity index (χ4n) is 1.65. The second-order valence-corrected chi connectivity index (χ2v) is 5.05. The molecule has 1 heterocycles. The van der Waals surface area contributed by atoms with Crippen molar-refractivity contribution in [2.24, 2.45) is 0 Å². The molecular formula is C15H15BOS. The van der Waals surface area contributed by atoms with E-state index in [9.17, 15) is 5.11 Å². The average molecular weight is 254 g/mol. The van der Waals surface area contributed by atoms with Gasteiger partial charge in [-0.3, -0.25) is 0 Å². The summed E-state index contributed by atoms with van der Waals surface area (Å²) < 4.78 is 0. The van der Waals surface area contributed by atoms with Crippen LogP contribution in [-0.4, -0.2) is 12.0 Å². The number of hydrogen-bond acceptors (Lipinski definition) is 2. The Kier molecular flexibility index (Phi) is 4.65. The summed E-state index contributed by atoms with van der Waals surface area (Å²) in [5.41, 5.74) is 1.45. The molecule has 0 aliphatic carbocycles.